The van der Waals surface area contributed by atoms with Gasteiger partial charge in [-0.25, -0.2) is 4.98 Å². The third-order valence-electron chi connectivity index (χ3n) is 3.37. The molecule has 2 aromatic heterocycles. The van der Waals surface area contributed by atoms with Crippen LogP contribution in [0.1, 0.15) is 5.82 Å². The number of aryl methyl sites for hydroxylation is 1. The molecule has 0 unspecified atom stereocenters. The number of non-ortho nitro benzene ring substituents is 1. The molecule has 2 N–H and O–H groups in total. The maximum atomic E-state index is 10.6. The number of hydrogen-bond acceptors (Lipinski definition) is 8. The SMILES string of the molecule is Cc1noc(-c2ccnc(NCCNc3ccc([N+](=O)[O-])cc3)c2)n1. The molecule has 3 rings (SSSR count). The molecule has 0 aliphatic carbocycles. The standard InChI is InChI=1S/C16H16N6O3/c1-11-20-16(25-21-11)12-6-7-18-15(10-12)19-9-8-17-13-2-4-14(5-3-13)22(23)24/h2-7,10,17H,8-9H2,1H3,(H,18,19). The molecule has 0 fully saturated rings. The smallest absolute Gasteiger partial charge is 0.269 e. The van der Waals surface area contributed by atoms with Gasteiger partial charge in [0.15, 0.2) is 5.82 Å². The summed E-state index contributed by atoms with van der Waals surface area (Å²) in [6.45, 7) is 3.01. The van der Waals surface area contributed by atoms with Gasteiger partial charge in [0.1, 0.15) is 5.82 Å². The van der Waals surface area contributed by atoms with E-state index in [2.05, 4.69) is 25.8 Å². The number of nitrogens with one attached hydrogen (secondary N) is 2. The molecular formula is C16H16N6O3. The van der Waals surface area contributed by atoms with Crippen LogP contribution in [0.25, 0.3) is 11.5 Å². The van der Waals surface area contributed by atoms with Crippen LogP contribution in [-0.4, -0.2) is 33.1 Å². The molecule has 0 radical (unpaired) electrons. The zero-order valence-corrected chi connectivity index (χ0v) is 13.5. The lowest BCUT2D eigenvalue weighted by Gasteiger charge is -2.08. The number of nitro groups is 1. The fourth-order valence-corrected chi connectivity index (χ4v) is 2.17. The second kappa shape index (κ2) is 7.39. The highest BCUT2D eigenvalue weighted by atomic mass is 16.6. The third-order valence-corrected chi connectivity index (χ3v) is 3.37. The summed E-state index contributed by atoms with van der Waals surface area (Å²) < 4.78 is 5.14. The first-order chi connectivity index (χ1) is 12.1. The highest BCUT2D eigenvalue weighted by molar-refractivity contribution is 5.57. The van der Waals surface area contributed by atoms with E-state index in [0.717, 1.165) is 11.3 Å². The van der Waals surface area contributed by atoms with Crippen LogP contribution in [0.3, 0.4) is 0 Å². The summed E-state index contributed by atoms with van der Waals surface area (Å²) in [4.78, 5) is 18.6. The van der Waals surface area contributed by atoms with Crippen LogP contribution >= 0.6 is 0 Å². The van der Waals surface area contributed by atoms with E-state index in [0.29, 0.717) is 30.6 Å². The molecular weight excluding hydrogens is 324 g/mol. The fourth-order valence-electron chi connectivity index (χ4n) is 2.17. The third kappa shape index (κ3) is 4.28. The van der Waals surface area contributed by atoms with Crippen molar-refractivity contribution >= 4 is 17.2 Å². The number of aromatic nitrogens is 3. The Labute approximate surface area is 143 Å². The minimum Gasteiger partial charge on any atom is -0.383 e. The van der Waals surface area contributed by atoms with Crippen LogP contribution in [0.5, 0.6) is 0 Å². The van der Waals surface area contributed by atoms with E-state index in [1.54, 1.807) is 31.3 Å². The van der Waals surface area contributed by atoms with E-state index in [4.69, 9.17) is 4.52 Å². The highest BCUT2D eigenvalue weighted by Crippen LogP contribution is 2.19. The Bertz CT molecular complexity index is 862. The molecule has 0 saturated carbocycles. The van der Waals surface area contributed by atoms with Gasteiger partial charge in [0, 0.05) is 42.7 Å². The number of pyridine rings is 1. The number of nitro benzene ring substituents is 1. The van der Waals surface area contributed by atoms with Gasteiger partial charge in [-0.15, -0.1) is 0 Å². The van der Waals surface area contributed by atoms with Crippen LogP contribution in [-0.2, 0) is 0 Å². The van der Waals surface area contributed by atoms with Crippen LogP contribution in [0.15, 0.2) is 47.1 Å². The Hall–Kier alpha value is -3.49. The molecule has 0 amide bonds. The van der Waals surface area contributed by atoms with Crippen molar-refractivity contribution in [2.45, 2.75) is 6.92 Å². The quantitative estimate of drug-likeness (QED) is 0.383. The lowest BCUT2D eigenvalue weighted by molar-refractivity contribution is -0.384. The molecule has 128 valence electrons. The Morgan fingerprint density at radius 1 is 1.16 bits per heavy atom. The van der Waals surface area contributed by atoms with Crippen molar-refractivity contribution in [3.05, 3.63) is 58.5 Å². The summed E-state index contributed by atoms with van der Waals surface area (Å²) >= 11 is 0. The number of hydrogen-bond donors (Lipinski definition) is 2. The molecule has 0 spiro atoms. The summed E-state index contributed by atoms with van der Waals surface area (Å²) in [6.07, 6.45) is 1.67. The molecule has 0 saturated heterocycles. The Morgan fingerprint density at radius 2 is 1.92 bits per heavy atom. The minimum atomic E-state index is -0.422. The van der Waals surface area contributed by atoms with E-state index < -0.39 is 4.92 Å². The van der Waals surface area contributed by atoms with Crippen molar-refractivity contribution in [3.63, 3.8) is 0 Å². The second-order valence-electron chi connectivity index (χ2n) is 5.23. The molecule has 9 nitrogen and oxygen atoms in total. The van der Waals surface area contributed by atoms with Gasteiger partial charge < -0.3 is 15.2 Å². The second-order valence-corrected chi connectivity index (χ2v) is 5.23. The van der Waals surface area contributed by atoms with Crippen molar-refractivity contribution in [2.75, 3.05) is 23.7 Å². The average Bonchev–Trinajstić information content (AvgIpc) is 3.06. The predicted molar refractivity (Wildman–Crippen MR) is 92.3 cm³/mol. The lowest BCUT2D eigenvalue weighted by atomic mass is 10.2. The first-order valence-electron chi connectivity index (χ1n) is 7.61. The van der Waals surface area contributed by atoms with Crippen LogP contribution in [0, 0.1) is 17.0 Å². The Balaban J connectivity index is 1.51. The Kier molecular flexibility index (Phi) is 4.84. The van der Waals surface area contributed by atoms with Gasteiger partial charge in [0.25, 0.3) is 11.6 Å². The van der Waals surface area contributed by atoms with Gasteiger partial charge >= 0.3 is 0 Å². The van der Waals surface area contributed by atoms with Crippen LogP contribution in [0.2, 0.25) is 0 Å². The molecule has 1 aromatic carbocycles. The van der Waals surface area contributed by atoms with Gasteiger partial charge in [-0.05, 0) is 31.2 Å². The fraction of sp³-hybridized carbons (Fsp3) is 0.188. The van der Waals surface area contributed by atoms with E-state index in [9.17, 15) is 10.1 Å². The van der Waals surface area contributed by atoms with Crippen molar-refractivity contribution in [1.29, 1.82) is 0 Å². The first-order valence-corrected chi connectivity index (χ1v) is 7.61. The van der Waals surface area contributed by atoms with E-state index >= 15 is 0 Å². The monoisotopic (exact) mass is 340 g/mol. The van der Waals surface area contributed by atoms with Gasteiger partial charge in [-0.3, -0.25) is 10.1 Å². The van der Waals surface area contributed by atoms with Crippen molar-refractivity contribution in [2.24, 2.45) is 0 Å². The lowest BCUT2D eigenvalue weighted by Crippen LogP contribution is -2.14. The molecule has 3 aromatic rings. The van der Waals surface area contributed by atoms with E-state index in [-0.39, 0.29) is 5.69 Å². The number of anilines is 2. The molecule has 2 heterocycles. The summed E-state index contributed by atoms with van der Waals surface area (Å²) in [7, 11) is 0. The van der Waals surface area contributed by atoms with Gasteiger partial charge in [0.05, 0.1) is 4.92 Å². The molecule has 25 heavy (non-hydrogen) atoms. The number of benzene rings is 1. The minimum absolute atomic E-state index is 0.0703. The van der Waals surface area contributed by atoms with Gasteiger partial charge in [-0.1, -0.05) is 5.16 Å². The topological polar surface area (TPSA) is 119 Å². The summed E-state index contributed by atoms with van der Waals surface area (Å²) in [5.74, 6) is 1.72. The number of nitrogens with zero attached hydrogens (tertiary/aromatic N) is 4. The van der Waals surface area contributed by atoms with Crippen LogP contribution < -0.4 is 10.6 Å². The summed E-state index contributed by atoms with van der Waals surface area (Å²) in [5, 5.41) is 20.8. The summed E-state index contributed by atoms with van der Waals surface area (Å²) in [6, 6.07) is 9.91. The molecule has 0 atom stereocenters. The molecule has 9 heteroatoms. The van der Waals surface area contributed by atoms with Crippen LogP contribution in [0.4, 0.5) is 17.2 Å². The molecule has 0 aliphatic heterocycles. The van der Waals surface area contributed by atoms with Crippen molar-refractivity contribution in [1.82, 2.24) is 15.1 Å². The zero-order chi connectivity index (χ0) is 17.6. The largest absolute Gasteiger partial charge is 0.383 e. The van der Waals surface area contributed by atoms with Crippen molar-refractivity contribution < 1.29 is 9.45 Å². The predicted octanol–water partition coefficient (Wildman–Crippen LogP) is 2.87. The van der Waals surface area contributed by atoms with E-state index in [1.165, 1.54) is 12.1 Å². The van der Waals surface area contributed by atoms with Crippen molar-refractivity contribution in [3.8, 4) is 11.5 Å². The molecule has 0 bridgehead atoms. The summed E-state index contributed by atoms with van der Waals surface area (Å²) in [5.41, 5.74) is 1.68. The highest BCUT2D eigenvalue weighted by Gasteiger charge is 2.07. The van der Waals surface area contributed by atoms with Gasteiger partial charge in [0.2, 0.25) is 0 Å². The Morgan fingerprint density at radius 3 is 2.60 bits per heavy atom. The maximum absolute atomic E-state index is 10.6. The maximum Gasteiger partial charge on any atom is 0.269 e. The van der Waals surface area contributed by atoms with Gasteiger partial charge in [-0.2, -0.15) is 4.98 Å². The zero-order valence-electron chi connectivity index (χ0n) is 13.5. The normalized spacial score (nSPS) is 10.4. The number of rotatable bonds is 7. The van der Waals surface area contributed by atoms with E-state index in [1.807, 2.05) is 6.07 Å². The first kappa shape index (κ1) is 16.4. The average molecular weight is 340 g/mol. The molecule has 0 aliphatic rings.